The number of hydrogen-bond acceptors (Lipinski definition) is 12. The summed E-state index contributed by atoms with van der Waals surface area (Å²) < 4.78 is 10.2. The van der Waals surface area contributed by atoms with Gasteiger partial charge in [0, 0.05) is 36.4 Å². The third-order valence-corrected chi connectivity index (χ3v) is 8.50. The van der Waals surface area contributed by atoms with Crippen LogP contribution < -0.4 is 20.1 Å². The maximum absolute atomic E-state index is 12.5. The Kier molecular flexibility index (Phi) is 8.86. The first kappa shape index (κ1) is 27.5. The van der Waals surface area contributed by atoms with Crippen LogP contribution in [-0.2, 0) is 22.4 Å². The SMILES string of the molecule is COc1cc(CC(=O)Nc2nnc(C3CCC[C@H](c4nnc(NC(=O)Cc5ccnc(OC)c5)s4)C3)s2)ccn1. The normalized spacial score (nSPS) is 16.8. The van der Waals surface area contributed by atoms with Crippen molar-refractivity contribution < 1.29 is 19.1 Å². The number of carbonyl (C=O) groups is 2. The van der Waals surface area contributed by atoms with Crippen molar-refractivity contribution in [3.05, 3.63) is 57.8 Å². The van der Waals surface area contributed by atoms with Crippen LogP contribution in [0.25, 0.3) is 0 Å². The maximum Gasteiger partial charge on any atom is 0.230 e. The van der Waals surface area contributed by atoms with Crippen LogP contribution in [0.5, 0.6) is 11.8 Å². The topological polar surface area (TPSA) is 154 Å². The Morgan fingerprint density at radius 1 is 0.800 bits per heavy atom. The van der Waals surface area contributed by atoms with E-state index in [-0.39, 0.29) is 36.5 Å². The molecule has 4 heterocycles. The number of rotatable bonds is 10. The summed E-state index contributed by atoms with van der Waals surface area (Å²) in [6.07, 6.45) is 7.46. The van der Waals surface area contributed by atoms with Crippen molar-refractivity contribution in [2.75, 3.05) is 24.9 Å². The quantitative estimate of drug-likeness (QED) is 0.281. The Hall–Kier alpha value is -4.04. The average Bonchev–Trinajstić information content (AvgIpc) is 3.63. The van der Waals surface area contributed by atoms with Gasteiger partial charge in [0.25, 0.3) is 0 Å². The van der Waals surface area contributed by atoms with Crippen LogP contribution in [0, 0.1) is 0 Å². The number of nitrogens with one attached hydrogen (secondary N) is 2. The van der Waals surface area contributed by atoms with E-state index in [1.165, 1.54) is 36.9 Å². The molecule has 1 aliphatic carbocycles. The molecule has 4 aromatic rings. The molecule has 1 fully saturated rings. The van der Waals surface area contributed by atoms with E-state index in [4.69, 9.17) is 9.47 Å². The molecule has 208 valence electrons. The Morgan fingerprint density at radius 3 is 1.73 bits per heavy atom. The second-order valence-electron chi connectivity index (χ2n) is 9.31. The van der Waals surface area contributed by atoms with E-state index in [2.05, 4.69) is 41.0 Å². The molecule has 1 aliphatic rings. The van der Waals surface area contributed by atoms with Gasteiger partial charge in [-0.15, -0.1) is 20.4 Å². The average molecular weight is 581 g/mol. The molecule has 0 aliphatic heterocycles. The second-order valence-corrected chi connectivity index (χ2v) is 11.3. The number of carbonyl (C=O) groups excluding carboxylic acids is 2. The van der Waals surface area contributed by atoms with Crippen molar-refractivity contribution in [1.82, 2.24) is 30.4 Å². The van der Waals surface area contributed by atoms with Gasteiger partial charge in [0.15, 0.2) is 0 Å². The van der Waals surface area contributed by atoms with Crippen LogP contribution in [0.1, 0.15) is 58.7 Å². The summed E-state index contributed by atoms with van der Waals surface area (Å²) in [6, 6.07) is 7.02. The molecule has 1 saturated carbocycles. The third kappa shape index (κ3) is 7.12. The number of ether oxygens (including phenoxy) is 2. The summed E-state index contributed by atoms with van der Waals surface area (Å²) in [7, 11) is 3.08. The Labute approximate surface area is 238 Å². The van der Waals surface area contributed by atoms with Crippen molar-refractivity contribution >= 4 is 44.8 Å². The molecule has 0 bridgehead atoms. The Morgan fingerprint density at radius 2 is 1.27 bits per heavy atom. The summed E-state index contributed by atoms with van der Waals surface area (Å²) in [4.78, 5) is 33.2. The van der Waals surface area contributed by atoms with Gasteiger partial charge >= 0.3 is 0 Å². The molecule has 0 aromatic carbocycles. The summed E-state index contributed by atoms with van der Waals surface area (Å²) in [5.74, 6) is 1.01. The molecule has 0 spiro atoms. The molecular formula is C26H28N8O4S2. The number of nitrogens with zero attached hydrogens (tertiary/aromatic N) is 6. The molecule has 40 heavy (non-hydrogen) atoms. The van der Waals surface area contributed by atoms with Crippen LogP contribution in [0.2, 0.25) is 0 Å². The van der Waals surface area contributed by atoms with Gasteiger partial charge in [-0.05, 0) is 42.5 Å². The first-order chi connectivity index (χ1) is 19.5. The molecule has 4 aromatic heterocycles. The van der Waals surface area contributed by atoms with E-state index >= 15 is 0 Å². The van der Waals surface area contributed by atoms with Crippen LogP contribution in [-0.4, -0.2) is 56.4 Å². The first-order valence-electron chi connectivity index (χ1n) is 12.7. The smallest absolute Gasteiger partial charge is 0.230 e. The number of pyridine rings is 2. The number of anilines is 2. The minimum atomic E-state index is -0.177. The van der Waals surface area contributed by atoms with Gasteiger partial charge in [0.1, 0.15) is 10.0 Å². The number of methoxy groups -OCH3 is 2. The number of amides is 2. The standard InChI is InChI=1S/C26H28N8O4S2/c1-37-21-12-15(6-8-27-21)10-19(35)29-25-33-31-23(39-25)17-4-3-5-18(14-17)24-32-34-26(40-24)30-20(36)11-16-7-9-28-22(13-16)38-2/h6-9,12-13,17-18H,3-5,10-11,14H2,1-2H3,(H,29,33,35)(H,30,34,36)/t17-,18?/m0/s1. The fraction of sp³-hybridized carbons (Fsp3) is 0.385. The Balaban J connectivity index is 1.14. The fourth-order valence-electron chi connectivity index (χ4n) is 4.58. The molecule has 2 atom stereocenters. The summed E-state index contributed by atoms with van der Waals surface area (Å²) in [6.45, 7) is 0. The zero-order valence-electron chi connectivity index (χ0n) is 22.0. The van der Waals surface area contributed by atoms with Gasteiger partial charge in [0.2, 0.25) is 33.8 Å². The lowest BCUT2D eigenvalue weighted by Crippen LogP contribution is -2.14. The fourth-order valence-corrected chi connectivity index (χ4v) is 6.39. The van der Waals surface area contributed by atoms with Gasteiger partial charge in [-0.25, -0.2) is 9.97 Å². The molecule has 2 N–H and O–H groups in total. The first-order valence-corrected chi connectivity index (χ1v) is 14.4. The van der Waals surface area contributed by atoms with Gasteiger partial charge in [-0.3, -0.25) is 9.59 Å². The number of hydrogen-bond donors (Lipinski definition) is 2. The molecule has 12 nitrogen and oxygen atoms in total. The van der Waals surface area contributed by atoms with Crippen molar-refractivity contribution in [3.8, 4) is 11.8 Å². The van der Waals surface area contributed by atoms with Crippen LogP contribution in [0.15, 0.2) is 36.7 Å². The maximum atomic E-state index is 12.5. The minimum absolute atomic E-state index is 0.177. The lowest BCUT2D eigenvalue weighted by atomic mass is 9.82. The summed E-state index contributed by atoms with van der Waals surface area (Å²) in [5.41, 5.74) is 1.60. The molecule has 1 unspecified atom stereocenters. The van der Waals surface area contributed by atoms with E-state index in [0.29, 0.717) is 22.0 Å². The van der Waals surface area contributed by atoms with Crippen LogP contribution >= 0.6 is 22.7 Å². The van der Waals surface area contributed by atoms with Crippen molar-refractivity contribution in [1.29, 1.82) is 0 Å². The highest BCUT2D eigenvalue weighted by molar-refractivity contribution is 7.15. The highest BCUT2D eigenvalue weighted by atomic mass is 32.1. The van der Waals surface area contributed by atoms with Gasteiger partial charge in [-0.1, -0.05) is 29.1 Å². The van der Waals surface area contributed by atoms with Gasteiger partial charge < -0.3 is 20.1 Å². The van der Waals surface area contributed by atoms with E-state index < -0.39 is 0 Å². The minimum Gasteiger partial charge on any atom is -0.481 e. The van der Waals surface area contributed by atoms with Crippen molar-refractivity contribution in [3.63, 3.8) is 0 Å². The molecule has 0 saturated heterocycles. The van der Waals surface area contributed by atoms with E-state index in [9.17, 15) is 9.59 Å². The highest BCUT2D eigenvalue weighted by Crippen LogP contribution is 2.43. The molecule has 14 heteroatoms. The lowest BCUT2D eigenvalue weighted by molar-refractivity contribution is -0.116. The predicted octanol–water partition coefficient (Wildman–Crippen LogP) is 4.00. The monoisotopic (exact) mass is 580 g/mol. The zero-order chi connectivity index (χ0) is 27.9. The van der Waals surface area contributed by atoms with Crippen molar-refractivity contribution in [2.45, 2.75) is 50.4 Å². The van der Waals surface area contributed by atoms with Crippen LogP contribution in [0.3, 0.4) is 0 Å². The number of aromatic nitrogens is 6. The third-order valence-electron chi connectivity index (χ3n) is 6.49. The van der Waals surface area contributed by atoms with Gasteiger partial charge in [0.05, 0.1) is 27.1 Å². The second kappa shape index (κ2) is 12.9. The highest BCUT2D eigenvalue weighted by Gasteiger charge is 2.29. The molecule has 5 rings (SSSR count). The van der Waals surface area contributed by atoms with Crippen molar-refractivity contribution in [2.24, 2.45) is 0 Å². The van der Waals surface area contributed by atoms with Crippen LogP contribution in [0.4, 0.5) is 10.3 Å². The summed E-state index contributed by atoms with van der Waals surface area (Å²) in [5, 5.41) is 25.6. The predicted molar refractivity (Wildman–Crippen MR) is 150 cm³/mol. The van der Waals surface area contributed by atoms with Gasteiger partial charge in [-0.2, -0.15) is 0 Å². The lowest BCUT2D eigenvalue weighted by Gasteiger charge is -2.25. The largest absolute Gasteiger partial charge is 0.481 e. The molecular weight excluding hydrogens is 552 g/mol. The summed E-state index contributed by atoms with van der Waals surface area (Å²) >= 11 is 2.81. The zero-order valence-corrected chi connectivity index (χ0v) is 23.6. The van der Waals surface area contributed by atoms with E-state index in [1.54, 1.807) is 36.7 Å². The Bertz CT molecular complexity index is 1370. The molecule has 0 radical (unpaired) electrons. The van der Waals surface area contributed by atoms with E-state index in [1.807, 2.05) is 0 Å². The van der Waals surface area contributed by atoms with E-state index in [0.717, 1.165) is 46.8 Å². The molecule has 2 amide bonds.